The van der Waals surface area contributed by atoms with Gasteiger partial charge in [0, 0.05) is 36.4 Å². The van der Waals surface area contributed by atoms with E-state index in [1.54, 1.807) is 6.20 Å². The van der Waals surface area contributed by atoms with Crippen LogP contribution in [0.4, 0.5) is 0 Å². The summed E-state index contributed by atoms with van der Waals surface area (Å²) in [6.07, 6.45) is 3.09. The van der Waals surface area contributed by atoms with Crippen LogP contribution in [0, 0.1) is 5.92 Å². The van der Waals surface area contributed by atoms with E-state index in [-0.39, 0.29) is 11.8 Å². The molecule has 1 unspecified atom stereocenters. The van der Waals surface area contributed by atoms with Crippen molar-refractivity contribution in [1.29, 1.82) is 0 Å². The van der Waals surface area contributed by atoms with Crippen molar-refractivity contribution >= 4 is 16.8 Å². The van der Waals surface area contributed by atoms with Crippen LogP contribution in [0.25, 0.3) is 21.3 Å². The fourth-order valence-electron chi connectivity index (χ4n) is 2.75. The molecule has 21 heavy (non-hydrogen) atoms. The minimum atomic E-state index is 0.149. The van der Waals surface area contributed by atoms with Crippen LogP contribution in [-0.4, -0.2) is 40.6 Å². The van der Waals surface area contributed by atoms with Crippen LogP contribution in [0.2, 0.25) is 0 Å². The summed E-state index contributed by atoms with van der Waals surface area (Å²) in [7, 11) is 0. The number of rotatable bonds is 5. The summed E-state index contributed by atoms with van der Waals surface area (Å²) in [5.74, 6) is 0.305. The first-order valence-electron chi connectivity index (χ1n) is 6.97. The molecule has 0 bridgehead atoms. The molecule has 1 amide bonds. The first-order chi connectivity index (χ1) is 10.3. The van der Waals surface area contributed by atoms with Gasteiger partial charge in [0.25, 0.3) is 0 Å². The van der Waals surface area contributed by atoms with Crippen molar-refractivity contribution in [2.45, 2.75) is 12.8 Å². The SMILES string of the molecule is [N-]=[N+]=NCC1CC(=O)N(CCc2ccc3cn[nH]c3c2)C1. The molecule has 1 aromatic heterocycles. The zero-order valence-corrected chi connectivity index (χ0v) is 11.6. The molecule has 2 aromatic rings. The molecule has 7 heteroatoms. The van der Waals surface area contributed by atoms with Gasteiger partial charge in [0.05, 0.1) is 11.7 Å². The fraction of sp³-hybridized carbons (Fsp3) is 0.429. The fourth-order valence-corrected chi connectivity index (χ4v) is 2.75. The van der Waals surface area contributed by atoms with Gasteiger partial charge in [0.15, 0.2) is 0 Å². The molecule has 0 saturated carbocycles. The number of nitrogens with zero attached hydrogens (tertiary/aromatic N) is 5. The van der Waals surface area contributed by atoms with Crippen LogP contribution in [0.5, 0.6) is 0 Å². The predicted molar refractivity (Wildman–Crippen MR) is 78.5 cm³/mol. The highest BCUT2D eigenvalue weighted by atomic mass is 16.2. The Kier molecular flexibility index (Phi) is 3.75. The molecule has 1 aliphatic rings. The van der Waals surface area contributed by atoms with Gasteiger partial charge in [-0.15, -0.1) is 0 Å². The van der Waals surface area contributed by atoms with Crippen LogP contribution in [0.15, 0.2) is 29.5 Å². The van der Waals surface area contributed by atoms with Crippen molar-refractivity contribution in [2.24, 2.45) is 11.0 Å². The third-order valence-electron chi connectivity index (χ3n) is 3.87. The molecule has 0 spiro atoms. The Hall–Kier alpha value is -2.53. The van der Waals surface area contributed by atoms with Crippen molar-refractivity contribution in [3.05, 3.63) is 40.4 Å². The van der Waals surface area contributed by atoms with Crippen LogP contribution in [0.1, 0.15) is 12.0 Å². The zero-order valence-electron chi connectivity index (χ0n) is 11.6. The van der Waals surface area contributed by atoms with Crippen molar-refractivity contribution in [1.82, 2.24) is 15.1 Å². The van der Waals surface area contributed by atoms with Gasteiger partial charge in [0.1, 0.15) is 0 Å². The van der Waals surface area contributed by atoms with E-state index >= 15 is 0 Å². The number of benzene rings is 1. The summed E-state index contributed by atoms with van der Waals surface area (Å²) in [6, 6.07) is 6.17. The minimum absolute atomic E-state index is 0.149. The van der Waals surface area contributed by atoms with Gasteiger partial charge < -0.3 is 4.90 Å². The minimum Gasteiger partial charge on any atom is -0.342 e. The maximum Gasteiger partial charge on any atom is 0.222 e. The molecule has 1 N–H and O–H groups in total. The lowest BCUT2D eigenvalue weighted by Crippen LogP contribution is -2.27. The quantitative estimate of drug-likeness (QED) is 0.517. The van der Waals surface area contributed by atoms with Crippen molar-refractivity contribution < 1.29 is 4.79 Å². The topological polar surface area (TPSA) is 97.8 Å². The molecule has 2 heterocycles. The summed E-state index contributed by atoms with van der Waals surface area (Å²) in [5, 5.41) is 11.6. The number of carbonyl (C=O) groups excluding carboxylic acids is 1. The standard InChI is InChI=1S/C14H16N6O/c15-19-17-7-11-6-14(21)20(9-11)4-3-10-1-2-12-8-16-18-13(12)5-10/h1-2,5,8,11H,3-4,6-7,9H2,(H,16,18). The molecule has 0 aliphatic carbocycles. The number of carbonyl (C=O) groups is 1. The average molecular weight is 284 g/mol. The van der Waals surface area contributed by atoms with Gasteiger partial charge in [-0.2, -0.15) is 5.10 Å². The summed E-state index contributed by atoms with van der Waals surface area (Å²) in [6.45, 7) is 1.79. The summed E-state index contributed by atoms with van der Waals surface area (Å²) in [4.78, 5) is 16.5. The lowest BCUT2D eigenvalue weighted by molar-refractivity contribution is -0.127. The van der Waals surface area contributed by atoms with Crippen LogP contribution < -0.4 is 0 Å². The molecule has 7 nitrogen and oxygen atoms in total. The molecule has 108 valence electrons. The highest BCUT2D eigenvalue weighted by molar-refractivity contribution is 5.79. The lowest BCUT2D eigenvalue weighted by Gasteiger charge is -2.16. The monoisotopic (exact) mass is 284 g/mol. The average Bonchev–Trinajstić information content (AvgIpc) is 3.08. The summed E-state index contributed by atoms with van der Waals surface area (Å²) in [5.41, 5.74) is 10.5. The number of fused-ring (bicyclic) bond motifs is 1. The largest absolute Gasteiger partial charge is 0.342 e. The third kappa shape index (κ3) is 2.98. The van der Waals surface area contributed by atoms with Gasteiger partial charge in [-0.05, 0) is 29.5 Å². The molecule has 0 radical (unpaired) electrons. The van der Waals surface area contributed by atoms with E-state index in [2.05, 4.69) is 32.4 Å². The Morgan fingerprint density at radius 3 is 3.29 bits per heavy atom. The Morgan fingerprint density at radius 2 is 2.43 bits per heavy atom. The number of likely N-dealkylation sites (tertiary alicyclic amines) is 1. The molecule has 3 rings (SSSR count). The second kappa shape index (κ2) is 5.85. The van der Waals surface area contributed by atoms with Gasteiger partial charge in [-0.25, -0.2) is 0 Å². The molecule has 1 fully saturated rings. The van der Waals surface area contributed by atoms with Crippen LogP contribution >= 0.6 is 0 Å². The van der Waals surface area contributed by atoms with E-state index in [0.717, 1.165) is 17.3 Å². The second-order valence-electron chi connectivity index (χ2n) is 5.36. The summed E-state index contributed by atoms with van der Waals surface area (Å²) < 4.78 is 0. The number of nitrogens with one attached hydrogen (secondary N) is 1. The Labute approximate surface area is 121 Å². The Balaban J connectivity index is 1.59. The first-order valence-corrected chi connectivity index (χ1v) is 6.97. The second-order valence-corrected chi connectivity index (χ2v) is 5.36. The molecule has 1 aliphatic heterocycles. The van der Waals surface area contributed by atoms with Crippen molar-refractivity contribution in [3.63, 3.8) is 0 Å². The van der Waals surface area contributed by atoms with E-state index in [9.17, 15) is 4.79 Å². The van der Waals surface area contributed by atoms with Crippen molar-refractivity contribution in [3.8, 4) is 0 Å². The van der Waals surface area contributed by atoms with E-state index in [1.165, 1.54) is 5.56 Å². The van der Waals surface area contributed by atoms with Gasteiger partial charge in [-0.1, -0.05) is 17.2 Å². The van der Waals surface area contributed by atoms with Crippen LogP contribution in [0.3, 0.4) is 0 Å². The van der Waals surface area contributed by atoms with E-state index in [1.807, 2.05) is 11.0 Å². The number of amides is 1. The van der Waals surface area contributed by atoms with E-state index in [4.69, 9.17) is 5.53 Å². The Bertz CT molecular complexity index is 702. The number of aromatic nitrogens is 2. The number of hydrogen-bond acceptors (Lipinski definition) is 3. The number of aromatic amines is 1. The highest BCUT2D eigenvalue weighted by Crippen LogP contribution is 2.19. The summed E-state index contributed by atoms with van der Waals surface area (Å²) >= 11 is 0. The number of azide groups is 1. The van der Waals surface area contributed by atoms with Crippen LogP contribution in [-0.2, 0) is 11.2 Å². The predicted octanol–water partition coefficient (Wildman–Crippen LogP) is 2.26. The maximum atomic E-state index is 11.9. The highest BCUT2D eigenvalue weighted by Gasteiger charge is 2.28. The normalized spacial score (nSPS) is 18.2. The Morgan fingerprint density at radius 1 is 1.52 bits per heavy atom. The zero-order chi connectivity index (χ0) is 14.7. The van der Waals surface area contributed by atoms with E-state index in [0.29, 0.717) is 26.1 Å². The lowest BCUT2D eigenvalue weighted by atomic mass is 10.1. The van der Waals surface area contributed by atoms with Gasteiger partial charge in [0.2, 0.25) is 5.91 Å². The number of hydrogen-bond donors (Lipinski definition) is 1. The molecular weight excluding hydrogens is 268 g/mol. The molecule has 1 aromatic carbocycles. The molecular formula is C14H16N6O. The maximum absolute atomic E-state index is 11.9. The van der Waals surface area contributed by atoms with Gasteiger partial charge in [-0.3, -0.25) is 9.89 Å². The third-order valence-corrected chi connectivity index (χ3v) is 3.87. The van der Waals surface area contributed by atoms with Crippen molar-refractivity contribution in [2.75, 3.05) is 19.6 Å². The molecule has 1 saturated heterocycles. The molecule has 1 atom stereocenters. The number of H-pyrrole nitrogens is 1. The van der Waals surface area contributed by atoms with E-state index < -0.39 is 0 Å². The van der Waals surface area contributed by atoms with Gasteiger partial charge >= 0.3 is 0 Å². The smallest absolute Gasteiger partial charge is 0.222 e. The first kappa shape index (κ1) is 13.5.